The Hall–Kier alpha value is -4.21. The molecular formula is C25H26N6O4. The lowest BCUT2D eigenvalue weighted by atomic mass is 10.00. The number of anilines is 2. The van der Waals surface area contributed by atoms with Crippen LogP contribution >= 0.6 is 0 Å². The predicted octanol–water partition coefficient (Wildman–Crippen LogP) is 2.67. The number of hydrogen-bond donors (Lipinski definition) is 3. The first kappa shape index (κ1) is 22.6. The number of primary amides is 1. The van der Waals surface area contributed by atoms with Crippen molar-refractivity contribution in [2.45, 2.75) is 44.8 Å². The van der Waals surface area contributed by atoms with Crippen LogP contribution in [0.5, 0.6) is 0 Å². The molecule has 2 heterocycles. The smallest absolute Gasteiger partial charge is 0.323 e. The van der Waals surface area contributed by atoms with E-state index in [4.69, 9.17) is 5.73 Å². The van der Waals surface area contributed by atoms with Crippen LogP contribution < -0.4 is 16.4 Å². The van der Waals surface area contributed by atoms with Crippen LogP contribution in [0.4, 0.5) is 16.2 Å². The third-order valence-electron chi connectivity index (χ3n) is 6.87. The molecule has 5 rings (SSSR count). The number of aromatic nitrogens is 2. The maximum absolute atomic E-state index is 13.1. The van der Waals surface area contributed by atoms with E-state index >= 15 is 0 Å². The van der Waals surface area contributed by atoms with E-state index in [-0.39, 0.29) is 30.1 Å². The van der Waals surface area contributed by atoms with Crippen molar-refractivity contribution < 1.29 is 19.2 Å². The summed E-state index contributed by atoms with van der Waals surface area (Å²) in [7, 11) is 0. The highest BCUT2D eigenvalue weighted by molar-refractivity contribution is 6.07. The number of aldehydes is 1. The fourth-order valence-electron chi connectivity index (χ4n) is 5.36. The normalized spacial score (nSPS) is 20.7. The van der Waals surface area contributed by atoms with E-state index in [1.165, 1.54) is 4.68 Å². The maximum Gasteiger partial charge on any atom is 0.323 e. The van der Waals surface area contributed by atoms with Crippen molar-refractivity contribution in [2.75, 3.05) is 10.6 Å². The van der Waals surface area contributed by atoms with Gasteiger partial charge in [0.05, 0.1) is 11.6 Å². The highest BCUT2D eigenvalue weighted by Gasteiger charge is 2.47. The summed E-state index contributed by atoms with van der Waals surface area (Å²) in [4.78, 5) is 51.0. The van der Waals surface area contributed by atoms with Gasteiger partial charge in [0.1, 0.15) is 12.8 Å². The number of nitrogens with one attached hydrogen (secondary N) is 2. The van der Waals surface area contributed by atoms with E-state index in [0.717, 1.165) is 31.1 Å². The van der Waals surface area contributed by atoms with Crippen molar-refractivity contribution in [1.82, 2.24) is 14.7 Å². The Bertz CT molecular complexity index is 1350. The standard InChI is InChI=1S/C25H26N6O4/c1-14-3-2-4-16(9-14)27-25(35)28-17-6-8-20-19(11-17)23(24(26)34)29-30(20)12-22(33)31-18-7-5-15(10-18)21(31)13-32/h2-4,6,8-9,11,13,15,18,21H,5,7,10,12H2,1H3,(H2,26,34)(H2,27,28,35). The highest BCUT2D eigenvalue weighted by atomic mass is 16.2. The van der Waals surface area contributed by atoms with Crippen molar-refractivity contribution in [3.8, 4) is 0 Å². The summed E-state index contributed by atoms with van der Waals surface area (Å²) in [6.45, 7) is 1.82. The molecule has 1 aliphatic heterocycles. The number of nitrogens with two attached hydrogens (primary N) is 1. The van der Waals surface area contributed by atoms with E-state index in [9.17, 15) is 19.2 Å². The van der Waals surface area contributed by atoms with E-state index in [2.05, 4.69) is 15.7 Å². The molecule has 1 saturated carbocycles. The Kier molecular flexibility index (Phi) is 5.72. The number of rotatable bonds is 6. The largest absolute Gasteiger partial charge is 0.364 e. The zero-order valence-corrected chi connectivity index (χ0v) is 19.2. The lowest BCUT2D eigenvalue weighted by Gasteiger charge is -2.32. The Morgan fingerprint density at radius 3 is 2.60 bits per heavy atom. The van der Waals surface area contributed by atoms with Gasteiger partial charge >= 0.3 is 6.03 Å². The fourth-order valence-corrected chi connectivity index (χ4v) is 5.36. The average Bonchev–Trinajstić information content (AvgIpc) is 3.52. The van der Waals surface area contributed by atoms with Crippen LogP contribution in [0.25, 0.3) is 10.9 Å². The molecule has 35 heavy (non-hydrogen) atoms. The molecule has 1 aliphatic carbocycles. The van der Waals surface area contributed by atoms with Crippen molar-refractivity contribution in [2.24, 2.45) is 11.7 Å². The monoisotopic (exact) mass is 474 g/mol. The van der Waals surface area contributed by atoms with Crippen LogP contribution in [0.1, 0.15) is 35.3 Å². The fraction of sp³-hybridized carbons (Fsp3) is 0.320. The molecule has 4 amide bonds. The molecule has 3 atom stereocenters. The van der Waals surface area contributed by atoms with Crippen molar-refractivity contribution in [3.05, 3.63) is 53.7 Å². The number of amides is 4. The minimum Gasteiger partial charge on any atom is -0.364 e. The molecule has 3 aromatic rings. The number of aryl methyl sites for hydroxylation is 1. The number of piperidine rings is 1. The third kappa shape index (κ3) is 4.23. The molecule has 1 aromatic heterocycles. The number of urea groups is 1. The van der Waals surface area contributed by atoms with Gasteiger partial charge in [-0.1, -0.05) is 12.1 Å². The SMILES string of the molecule is Cc1cccc(NC(=O)Nc2ccc3c(c2)c(C(N)=O)nn3CC(=O)N2C3CCC(C3)C2C=O)c1. The number of hydrogen-bond acceptors (Lipinski definition) is 5. The second-order valence-corrected chi connectivity index (χ2v) is 9.21. The number of carbonyl (C=O) groups excluding carboxylic acids is 4. The van der Waals surface area contributed by atoms with Gasteiger partial charge in [0.15, 0.2) is 5.69 Å². The topological polar surface area (TPSA) is 139 Å². The molecule has 10 heteroatoms. The van der Waals surface area contributed by atoms with Gasteiger partial charge in [-0.3, -0.25) is 14.3 Å². The molecule has 2 fully saturated rings. The van der Waals surface area contributed by atoms with Crippen LogP contribution in [-0.4, -0.2) is 50.9 Å². The van der Waals surface area contributed by atoms with E-state index in [0.29, 0.717) is 22.3 Å². The first-order chi connectivity index (χ1) is 16.8. The summed E-state index contributed by atoms with van der Waals surface area (Å²) in [5.74, 6) is -0.736. The molecule has 0 radical (unpaired) electrons. The van der Waals surface area contributed by atoms with Crippen LogP contribution in [0.3, 0.4) is 0 Å². The minimum absolute atomic E-state index is 0.00502. The zero-order chi connectivity index (χ0) is 24.7. The first-order valence-corrected chi connectivity index (χ1v) is 11.6. The Balaban J connectivity index is 1.37. The van der Waals surface area contributed by atoms with Crippen LogP contribution in [0.2, 0.25) is 0 Å². The molecule has 4 N–H and O–H groups in total. The molecule has 180 valence electrons. The van der Waals surface area contributed by atoms with Gasteiger partial charge in [-0.2, -0.15) is 5.10 Å². The van der Waals surface area contributed by atoms with E-state index in [1.807, 2.05) is 25.1 Å². The number of fused-ring (bicyclic) bond motifs is 3. The predicted molar refractivity (Wildman–Crippen MR) is 130 cm³/mol. The summed E-state index contributed by atoms with van der Waals surface area (Å²) in [5, 5.41) is 10.2. The maximum atomic E-state index is 13.1. The molecule has 2 bridgehead atoms. The van der Waals surface area contributed by atoms with Gasteiger partial charge in [0, 0.05) is 22.8 Å². The van der Waals surface area contributed by atoms with Crippen LogP contribution in [0, 0.1) is 12.8 Å². The Labute approximate surface area is 201 Å². The summed E-state index contributed by atoms with van der Waals surface area (Å²) < 4.78 is 1.43. The van der Waals surface area contributed by atoms with Crippen LogP contribution in [0.15, 0.2) is 42.5 Å². The van der Waals surface area contributed by atoms with E-state index < -0.39 is 18.0 Å². The molecule has 0 spiro atoms. The van der Waals surface area contributed by atoms with Gasteiger partial charge in [0.2, 0.25) is 5.91 Å². The highest BCUT2D eigenvalue weighted by Crippen LogP contribution is 2.41. The number of benzene rings is 2. The van der Waals surface area contributed by atoms with Gasteiger partial charge < -0.3 is 26.1 Å². The van der Waals surface area contributed by atoms with E-state index in [1.54, 1.807) is 29.2 Å². The molecule has 1 saturated heterocycles. The quantitative estimate of drug-likeness (QED) is 0.471. The summed E-state index contributed by atoms with van der Waals surface area (Å²) in [5.41, 5.74) is 8.19. The van der Waals surface area contributed by atoms with Crippen molar-refractivity contribution >= 4 is 46.4 Å². The summed E-state index contributed by atoms with van der Waals surface area (Å²) in [6, 6.07) is 11.6. The molecular weight excluding hydrogens is 448 g/mol. The molecule has 3 unspecified atom stereocenters. The summed E-state index contributed by atoms with van der Waals surface area (Å²) in [6.07, 6.45) is 3.56. The second-order valence-electron chi connectivity index (χ2n) is 9.21. The van der Waals surface area contributed by atoms with Crippen molar-refractivity contribution in [1.29, 1.82) is 0 Å². The average molecular weight is 475 g/mol. The number of likely N-dealkylation sites (tertiary alicyclic amines) is 1. The third-order valence-corrected chi connectivity index (χ3v) is 6.87. The molecule has 2 aromatic carbocycles. The molecule has 2 aliphatic rings. The minimum atomic E-state index is -0.742. The van der Waals surface area contributed by atoms with Crippen molar-refractivity contribution in [3.63, 3.8) is 0 Å². The zero-order valence-electron chi connectivity index (χ0n) is 19.2. The summed E-state index contributed by atoms with van der Waals surface area (Å²) >= 11 is 0. The molecule has 10 nitrogen and oxygen atoms in total. The Morgan fingerprint density at radius 1 is 1.11 bits per heavy atom. The number of carbonyl (C=O) groups is 4. The number of nitrogens with zero attached hydrogens (tertiary/aromatic N) is 3. The van der Waals surface area contributed by atoms with Gasteiger partial charge in [-0.15, -0.1) is 0 Å². The van der Waals surface area contributed by atoms with Gasteiger partial charge in [-0.25, -0.2) is 4.79 Å². The second kappa shape index (κ2) is 8.86. The Morgan fingerprint density at radius 2 is 1.89 bits per heavy atom. The first-order valence-electron chi connectivity index (χ1n) is 11.6. The lowest BCUT2D eigenvalue weighted by Crippen LogP contribution is -2.47. The lowest BCUT2D eigenvalue weighted by molar-refractivity contribution is -0.139. The van der Waals surface area contributed by atoms with Gasteiger partial charge in [0.25, 0.3) is 5.91 Å². The van der Waals surface area contributed by atoms with Gasteiger partial charge in [-0.05, 0) is 68.0 Å². The van der Waals surface area contributed by atoms with Crippen LogP contribution in [-0.2, 0) is 16.1 Å².